The van der Waals surface area contributed by atoms with E-state index >= 15 is 0 Å². The van der Waals surface area contributed by atoms with Gasteiger partial charge in [-0.15, -0.1) is 0 Å². The molecule has 4 rings (SSSR count). The molecule has 5 nitrogen and oxygen atoms in total. The van der Waals surface area contributed by atoms with Crippen LogP contribution in [-0.2, 0) is 6.42 Å². The van der Waals surface area contributed by atoms with E-state index in [0.717, 1.165) is 62.1 Å². The average molecular weight is 316 g/mol. The number of pyridine rings is 1. The molecule has 2 aromatic rings. The van der Waals surface area contributed by atoms with Crippen LogP contribution in [0.5, 0.6) is 0 Å². The Kier molecular flexibility index (Phi) is 3.60. The topological polar surface area (TPSA) is 56.8 Å². The number of aryl methyl sites for hydroxylation is 1. The summed E-state index contributed by atoms with van der Waals surface area (Å²) in [7, 11) is 0. The lowest BCUT2D eigenvalue weighted by atomic mass is 10.1. The number of fused-ring (bicyclic) bond motifs is 1. The van der Waals surface area contributed by atoms with Gasteiger partial charge in [-0.25, -0.2) is 9.97 Å². The molecule has 3 heterocycles. The van der Waals surface area contributed by atoms with E-state index in [1.165, 1.54) is 5.69 Å². The van der Waals surface area contributed by atoms with Crippen molar-refractivity contribution in [1.29, 1.82) is 0 Å². The van der Waals surface area contributed by atoms with Crippen LogP contribution in [0, 0.1) is 0 Å². The van der Waals surface area contributed by atoms with E-state index in [4.69, 9.17) is 16.6 Å². The van der Waals surface area contributed by atoms with Gasteiger partial charge in [-0.3, -0.25) is 0 Å². The molecule has 0 unspecified atom stereocenters. The average Bonchev–Trinajstić information content (AvgIpc) is 3.00. The van der Waals surface area contributed by atoms with Crippen molar-refractivity contribution in [3.63, 3.8) is 0 Å². The monoisotopic (exact) mass is 315 g/mol. The van der Waals surface area contributed by atoms with Crippen LogP contribution in [-0.4, -0.2) is 41.1 Å². The predicted octanol–water partition coefficient (Wildman–Crippen LogP) is 2.49. The summed E-state index contributed by atoms with van der Waals surface area (Å²) >= 11 is 6.36. The Hall–Kier alpha value is -1.85. The summed E-state index contributed by atoms with van der Waals surface area (Å²) < 4.78 is 0. The first-order chi connectivity index (χ1) is 10.8. The van der Waals surface area contributed by atoms with E-state index in [2.05, 4.69) is 32.3 Å². The molecular weight excluding hydrogens is 298 g/mol. The van der Waals surface area contributed by atoms with Crippen molar-refractivity contribution in [2.24, 2.45) is 0 Å². The SMILES string of the molecule is Clc1ccc(N2CCNCC2)nc1-c1nc2c([nH]1)CCC=C2. The van der Waals surface area contributed by atoms with Gasteiger partial charge in [0.05, 0.1) is 10.7 Å². The lowest BCUT2D eigenvalue weighted by Crippen LogP contribution is -2.43. The molecule has 1 aliphatic carbocycles. The number of nitrogens with one attached hydrogen (secondary N) is 2. The van der Waals surface area contributed by atoms with Gasteiger partial charge in [0, 0.05) is 31.9 Å². The normalized spacial score (nSPS) is 17.6. The molecule has 2 aliphatic rings. The Balaban J connectivity index is 1.71. The molecule has 1 saturated heterocycles. The zero-order chi connectivity index (χ0) is 14.9. The van der Waals surface area contributed by atoms with Gasteiger partial charge >= 0.3 is 0 Å². The summed E-state index contributed by atoms with van der Waals surface area (Å²) in [6, 6.07) is 3.90. The smallest absolute Gasteiger partial charge is 0.158 e. The minimum Gasteiger partial charge on any atom is -0.354 e. The Bertz CT molecular complexity index is 715. The molecule has 6 heteroatoms. The minimum absolute atomic E-state index is 0.633. The Morgan fingerprint density at radius 3 is 2.82 bits per heavy atom. The number of hydrogen-bond donors (Lipinski definition) is 2. The summed E-state index contributed by atoms with van der Waals surface area (Å²) in [4.78, 5) is 15.1. The highest BCUT2D eigenvalue weighted by atomic mass is 35.5. The summed E-state index contributed by atoms with van der Waals surface area (Å²) in [6.45, 7) is 3.90. The molecule has 0 saturated carbocycles. The number of H-pyrrole nitrogens is 1. The Morgan fingerprint density at radius 1 is 1.14 bits per heavy atom. The van der Waals surface area contributed by atoms with Gasteiger partial charge < -0.3 is 15.2 Å². The highest BCUT2D eigenvalue weighted by molar-refractivity contribution is 6.32. The number of allylic oxidation sites excluding steroid dienone is 1. The number of nitrogens with zero attached hydrogens (tertiary/aromatic N) is 3. The lowest BCUT2D eigenvalue weighted by Gasteiger charge is -2.28. The first-order valence-electron chi connectivity index (χ1n) is 7.69. The van der Waals surface area contributed by atoms with Crippen molar-refractivity contribution >= 4 is 23.5 Å². The first kappa shape index (κ1) is 13.8. The second kappa shape index (κ2) is 5.74. The maximum absolute atomic E-state index is 6.36. The van der Waals surface area contributed by atoms with Crippen LogP contribution in [0.15, 0.2) is 18.2 Å². The molecule has 0 amide bonds. The van der Waals surface area contributed by atoms with Crippen LogP contribution in [0.3, 0.4) is 0 Å². The Labute approximate surface area is 134 Å². The minimum atomic E-state index is 0.633. The number of aromatic nitrogens is 3. The molecule has 114 valence electrons. The van der Waals surface area contributed by atoms with Crippen LogP contribution in [0.4, 0.5) is 5.82 Å². The van der Waals surface area contributed by atoms with Gasteiger partial charge in [0.15, 0.2) is 5.82 Å². The fourth-order valence-corrected chi connectivity index (χ4v) is 3.15. The fourth-order valence-electron chi connectivity index (χ4n) is 2.95. The van der Waals surface area contributed by atoms with Gasteiger partial charge in [0.1, 0.15) is 11.5 Å². The number of imidazole rings is 1. The van der Waals surface area contributed by atoms with Crippen molar-refractivity contribution in [1.82, 2.24) is 20.3 Å². The molecule has 2 N–H and O–H groups in total. The fraction of sp³-hybridized carbons (Fsp3) is 0.375. The van der Waals surface area contributed by atoms with Gasteiger partial charge in [0.25, 0.3) is 0 Å². The predicted molar refractivity (Wildman–Crippen MR) is 89.3 cm³/mol. The van der Waals surface area contributed by atoms with Crippen LogP contribution < -0.4 is 10.2 Å². The van der Waals surface area contributed by atoms with Gasteiger partial charge in [-0.05, 0) is 31.1 Å². The third-order valence-electron chi connectivity index (χ3n) is 4.14. The molecule has 1 aliphatic heterocycles. The van der Waals surface area contributed by atoms with E-state index in [0.29, 0.717) is 5.02 Å². The molecule has 0 atom stereocenters. The lowest BCUT2D eigenvalue weighted by molar-refractivity contribution is 0.585. The maximum Gasteiger partial charge on any atom is 0.158 e. The van der Waals surface area contributed by atoms with Crippen molar-refractivity contribution in [3.05, 3.63) is 34.6 Å². The third-order valence-corrected chi connectivity index (χ3v) is 4.45. The zero-order valence-corrected chi connectivity index (χ0v) is 13.0. The first-order valence-corrected chi connectivity index (χ1v) is 8.07. The van der Waals surface area contributed by atoms with E-state index in [-0.39, 0.29) is 0 Å². The number of halogens is 1. The number of hydrogen-bond acceptors (Lipinski definition) is 4. The molecule has 1 fully saturated rings. The summed E-state index contributed by atoms with van der Waals surface area (Å²) in [5, 5.41) is 3.99. The molecule has 0 aromatic carbocycles. The van der Waals surface area contributed by atoms with Gasteiger partial charge in [0.2, 0.25) is 0 Å². The summed E-state index contributed by atoms with van der Waals surface area (Å²) in [5.41, 5.74) is 2.91. The van der Waals surface area contributed by atoms with Crippen molar-refractivity contribution in [2.75, 3.05) is 31.1 Å². The van der Waals surface area contributed by atoms with Crippen LogP contribution >= 0.6 is 11.6 Å². The Morgan fingerprint density at radius 2 is 2.00 bits per heavy atom. The van der Waals surface area contributed by atoms with Crippen molar-refractivity contribution in [2.45, 2.75) is 12.8 Å². The summed E-state index contributed by atoms with van der Waals surface area (Å²) in [5.74, 6) is 1.73. The summed E-state index contributed by atoms with van der Waals surface area (Å²) in [6.07, 6.45) is 6.26. The molecular formula is C16H18ClN5. The van der Waals surface area contributed by atoms with Gasteiger partial charge in [-0.1, -0.05) is 17.7 Å². The quantitative estimate of drug-likeness (QED) is 0.894. The van der Waals surface area contributed by atoms with E-state index in [1.54, 1.807) is 0 Å². The second-order valence-electron chi connectivity index (χ2n) is 5.63. The number of piperazine rings is 1. The number of aromatic amines is 1. The molecule has 0 bridgehead atoms. The largest absolute Gasteiger partial charge is 0.354 e. The van der Waals surface area contributed by atoms with Crippen molar-refractivity contribution in [3.8, 4) is 11.5 Å². The van der Waals surface area contributed by atoms with Crippen LogP contribution in [0.25, 0.3) is 17.6 Å². The van der Waals surface area contributed by atoms with Crippen LogP contribution in [0.2, 0.25) is 5.02 Å². The number of anilines is 1. The maximum atomic E-state index is 6.36. The number of rotatable bonds is 2. The standard InChI is InChI=1S/C16H18ClN5/c17-11-5-6-14(22-9-7-18-8-10-22)21-15(11)16-19-12-3-1-2-4-13(12)20-16/h1,3,5-6,18H,2,4,7-10H2,(H,19,20). The molecule has 22 heavy (non-hydrogen) atoms. The van der Waals surface area contributed by atoms with Crippen molar-refractivity contribution < 1.29 is 0 Å². The molecule has 2 aromatic heterocycles. The molecule has 0 spiro atoms. The highest BCUT2D eigenvalue weighted by Crippen LogP contribution is 2.29. The van der Waals surface area contributed by atoms with Crippen LogP contribution in [0.1, 0.15) is 17.8 Å². The van der Waals surface area contributed by atoms with E-state index in [9.17, 15) is 0 Å². The second-order valence-corrected chi connectivity index (χ2v) is 6.03. The van der Waals surface area contributed by atoms with E-state index in [1.807, 2.05) is 12.1 Å². The van der Waals surface area contributed by atoms with E-state index < -0.39 is 0 Å². The highest BCUT2D eigenvalue weighted by Gasteiger charge is 2.18. The molecule has 0 radical (unpaired) electrons. The zero-order valence-electron chi connectivity index (χ0n) is 12.3. The van der Waals surface area contributed by atoms with Gasteiger partial charge in [-0.2, -0.15) is 0 Å². The third kappa shape index (κ3) is 2.51.